The van der Waals surface area contributed by atoms with Gasteiger partial charge >= 0.3 is 61.8 Å². The van der Waals surface area contributed by atoms with Crippen molar-refractivity contribution in [1.82, 2.24) is 0 Å². The Bertz CT molecular complexity index is 375. The maximum absolute atomic E-state index is 10.0. The first-order chi connectivity index (χ1) is 11.4. The summed E-state index contributed by atoms with van der Waals surface area (Å²) in [5.74, 6) is 0. The monoisotopic (exact) mass is 402 g/mol. The summed E-state index contributed by atoms with van der Waals surface area (Å²) in [7, 11) is -4.67. The van der Waals surface area contributed by atoms with Gasteiger partial charge in [0, 0.05) is 0 Å². The van der Waals surface area contributed by atoms with Crippen LogP contribution < -0.4 is 51.4 Å². The minimum absolute atomic E-state index is 0. The predicted octanol–water partition coefficient (Wildman–Crippen LogP) is 2.48. The third kappa shape index (κ3) is 45.7. The first-order valence-corrected chi connectivity index (χ1v) is 10.5. The quantitative estimate of drug-likeness (QED) is 0.144. The molecule has 0 aromatic carbocycles. The summed E-state index contributed by atoms with van der Waals surface area (Å²) < 4.78 is 31.6. The van der Waals surface area contributed by atoms with E-state index in [2.05, 4.69) is 19.1 Å². The molecule has 0 fully saturated rings. The molecule has 0 aromatic heterocycles. The second kappa shape index (κ2) is 24.9. The molecule has 0 rings (SSSR count). The standard InChI is InChI=1S/C18H33O.K.H2O4S/c1-2-3-4-5-6-7-8-9-10-11-12-13-14-15-16-17-18-19;;1-5(2,3)4/h9-10H,2-8,11-17H2,1H3;;(H2,1,2,3,4)/q-1;+1;/b10-9-;;. The SMILES string of the molecule is CCCCCCCC/C=C\CCCCCCC[C-]=O.O=S(=O)(O)O.[K+]. The number of hydrogen-bond donors (Lipinski definition) is 2. The maximum atomic E-state index is 10.0. The zero-order chi connectivity index (χ0) is 18.5. The van der Waals surface area contributed by atoms with E-state index in [0.717, 1.165) is 6.42 Å². The van der Waals surface area contributed by atoms with Crippen molar-refractivity contribution in [3.8, 4) is 0 Å². The van der Waals surface area contributed by atoms with E-state index in [1.54, 1.807) is 0 Å². The van der Waals surface area contributed by atoms with Crippen molar-refractivity contribution in [3.05, 3.63) is 12.2 Å². The van der Waals surface area contributed by atoms with Crippen LogP contribution in [0.4, 0.5) is 0 Å². The van der Waals surface area contributed by atoms with Gasteiger partial charge in [0.2, 0.25) is 0 Å². The average Bonchev–Trinajstić information content (AvgIpc) is 2.49. The molecule has 0 radical (unpaired) electrons. The van der Waals surface area contributed by atoms with Crippen molar-refractivity contribution in [2.24, 2.45) is 0 Å². The summed E-state index contributed by atoms with van der Waals surface area (Å²) in [5.41, 5.74) is 0. The van der Waals surface area contributed by atoms with Crippen molar-refractivity contribution in [1.29, 1.82) is 0 Å². The number of allylic oxidation sites excluding steroid dienone is 2. The molecule has 0 bridgehead atoms. The van der Waals surface area contributed by atoms with E-state index in [4.69, 9.17) is 17.5 Å². The van der Waals surface area contributed by atoms with Gasteiger partial charge in [0.25, 0.3) is 0 Å². The molecule has 0 heterocycles. The van der Waals surface area contributed by atoms with Gasteiger partial charge in [-0.25, -0.2) is 0 Å². The van der Waals surface area contributed by atoms with Crippen molar-refractivity contribution in [3.63, 3.8) is 0 Å². The fraction of sp³-hybridized carbons (Fsp3) is 0.833. The zero-order valence-corrected chi connectivity index (χ0v) is 20.0. The molecule has 0 saturated carbocycles. The molecule has 7 heteroatoms. The Labute approximate surface area is 197 Å². The molecule has 0 unspecified atom stereocenters. The van der Waals surface area contributed by atoms with E-state index in [0.29, 0.717) is 6.42 Å². The van der Waals surface area contributed by atoms with E-state index in [-0.39, 0.29) is 51.4 Å². The fourth-order valence-corrected chi connectivity index (χ4v) is 2.27. The summed E-state index contributed by atoms with van der Waals surface area (Å²) in [6.07, 6.45) is 24.2. The number of carbonyl (C=O) groups excluding carboxylic acids is 1. The Morgan fingerprint density at radius 3 is 1.52 bits per heavy atom. The maximum Gasteiger partial charge on any atom is 1.00 e. The molecule has 2 N–H and O–H groups in total. The van der Waals surface area contributed by atoms with Gasteiger partial charge in [-0.2, -0.15) is 14.8 Å². The zero-order valence-electron chi connectivity index (χ0n) is 16.1. The van der Waals surface area contributed by atoms with E-state index >= 15 is 0 Å². The van der Waals surface area contributed by atoms with E-state index in [9.17, 15) is 4.79 Å². The van der Waals surface area contributed by atoms with Gasteiger partial charge in [0.15, 0.2) is 0 Å². The van der Waals surface area contributed by atoms with Gasteiger partial charge in [0.05, 0.1) is 0 Å². The molecule has 144 valence electrons. The minimum Gasteiger partial charge on any atom is -0.542 e. The van der Waals surface area contributed by atoms with Crippen LogP contribution in [0.15, 0.2) is 12.2 Å². The fourth-order valence-electron chi connectivity index (χ4n) is 2.27. The Morgan fingerprint density at radius 1 is 0.760 bits per heavy atom. The predicted molar refractivity (Wildman–Crippen MR) is 99.3 cm³/mol. The van der Waals surface area contributed by atoms with Crippen LogP contribution in [0.3, 0.4) is 0 Å². The molecule has 0 spiro atoms. The van der Waals surface area contributed by atoms with Crippen molar-refractivity contribution >= 4 is 16.7 Å². The van der Waals surface area contributed by atoms with Crippen LogP contribution in [-0.4, -0.2) is 23.8 Å². The van der Waals surface area contributed by atoms with Crippen molar-refractivity contribution < 1.29 is 73.7 Å². The summed E-state index contributed by atoms with van der Waals surface area (Å²) in [5, 5.41) is 0. The number of rotatable bonds is 15. The first kappa shape index (κ1) is 30.6. The van der Waals surface area contributed by atoms with Crippen LogP contribution >= 0.6 is 0 Å². The largest absolute Gasteiger partial charge is 1.00 e. The summed E-state index contributed by atoms with van der Waals surface area (Å²) in [4.78, 5) is 10.0. The normalized spacial score (nSPS) is 10.8. The van der Waals surface area contributed by atoms with Crippen LogP contribution in [0.5, 0.6) is 0 Å². The second-order valence-electron chi connectivity index (χ2n) is 5.93. The number of unbranched alkanes of at least 4 members (excludes halogenated alkanes) is 12. The molecule has 0 aliphatic rings. The molecule has 0 amide bonds. The number of hydrogen-bond acceptors (Lipinski definition) is 3. The Hall–Kier alpha value is 0.916. The van der Waals surface area contributed by atoms with E-state index in [1.807, 2.05) is 6.29 Å². The van der Waals surface area contributed by atoms with Gasteiger partial charge in [-0.3, -0.25) is 15.4 Å². The minimum atomic E-state index is -4.67. The molecule has 0 atom stereocenters. The summed E-state index contributed by atoms with van der Waals surface area (Å²) >= 11 is 0. The molecular weight excluding hydrogens is 367 g/mol. The van der Waals surface area contributed by atoms with Gasteiger partial charge < -0.3 is 4.79 Å². The van der Waals surface area contributed by atoms with Crippen molar-refractivity contribution in [2.75, 3.05) is 0 Å². The second-order valence-corrected chi connectivity index (χ2v) is 6.82. The van der Waals surface area contributed by atoms with Gasteiger partial charge in [-0.15, -0.1) is 0 Å². The van der Waals surface area contributed by atoms with E-state index < -0.39 is 10.4 Å². The molecule has 0 aliphatic carbocycles. The molecule has 25 heavy (non-hydrogen) atoms. The molecule has 0 aromatic rings. The van der Waals surface area contributed by atoms with Crippen LogP contribution in [0.1, 0.15) is 96.8 Å². The Kier molecular flexibility index (Phi) is 30.5. The molecule has 0 saturated heterocycles. The van der Waals surface area contributed by atoms with Gasteiger partial charge in [-0.1, -0.05) is 76.9 Å². The van der Waals surface area contributed by atoms with Crippen molar-refractivity contribution in [2.45, 2.75) is 96.8 Å². The third-order valence-corrected chi connectivity index (χ3v) is 3.54. The van der Waals surface area contributed by atoms with Crippen LogP contribution in [0, 0.1) is 0 Å². The summed E-state index contributed by atoms with van der Waals surface area (Å²) in [6.45, 7) is 2.27. The van der Waals surface area contributed by atoms with Crippen LogP contribution in [-0.2, 0) is 15.2 Å². The molecular formula is C18H35KO5S. The van der Waals surface area contributed by atoms with Gasteiger partial charge in [-0.05, 0) is 25.7 Å². The van der Waals surface area contributed by atoms with Gasteiger partial charge in [0.1, 0.15) is 0 Å². The molecule has 5 nitrogen and oxygen atoms in total. The topological polar surface area (TPSA) is 91.7 Å². The molecule has 0 aliphatic heterocycles. The summed E-state index contributed by atoms with van der Waals surface area (Å²) in [6, 6.07) is 0. The first-order valence-electron chi connectivity index (χ1n) is 9.11. The third-order valence-electron chi connectivity index (χ3n) is 3.54. The van der Waals surface area contributed by atoms with E-state index in [1.165, 1.54) is 77.0 Å². The Morgan fingerprint density at radius 2 is 1.12 bits per heavy atom. The van der Waals surface area contributed by atoms with Crippen LogP contribution in [0.2, 0.25) is 0 Å². The van der Waals surface area contributed by atoms with Crippen LogP contribution in [0.25, 0.3) is 0 Å². The Balaban J connectivity index is -0.000000704. The smallest absolute Gasteiger partial charge is 0.542 e. The average molecular weight is 403 g/mol.